The Balaban J connectivity index is 1.54. The zero-order chi connectivity index (χ0) is 20.6. The third-order valence-electron chi connectivity index (χ3n) is 4.29. The molecule has 6 nitrogen and oxygen atoms in total. The van der Waals surface area contributed by atoms with Crippen LogP contribution >= 0.6 is 15.9 Å². The van der Waals surface area contributed by atoms with Crippen molar-refractivity contribution < 1.29 is 9.53 Å². The number of carbonyl (C=O) groups is 1. The van der Waals surface area contributed by atoms with E-state index in [1.54, 1.807) is 0 Å². The monoisotopic (exact) mass is 455 g/mol. The summed E-state index contributed by atoms with van der Waals surface area (Å²) >= 11 is 3.37. The van der Waals surface area contributed by atoms with E-state index >= 15 is 0 Å². The predicted octanol–water partition coefficient (Wildman–Crippen LogP) is 3.43. The van der Waals surface area contributed by atoms with Gasteiger partial charge in [-0.15, -0.1) is 0 Å². The number of nitrogens with zero attached hydrogens (tertiary/aromatic N) is 2. The number of amides is 1. The summed E-state index contributed by atoms with van der Waals surface area (Å²) < 4.78 is 7.88. The summed E-state index contributed by atoms with van der Waals surface area (Å²) in [5.74, 6) is 0.697. The summed E-state index contributed by atoms with van der Waals surface area (Å²) in [6, 6.07) is 16.6. The van der Waals surface area contributed by atoms with Crippen LogP contribution in [0.15, 0.2) is 70.2 Å². The van der Waals surface area contributed by atoms with Crippen molar-refractivity contribution >= 4 is 21.8 Å². The van der Waals surface area contributed by atoms with Crippen molar-refractivity contribution in [2.24, 2.45) is 0 Å². The lowest BCUT2D eigenvalue weighted by Gasteiger charge is -2.09. The van der Waals surface area contributed by atoms with Gasteiger partial charge in [0.25, 0.3) is 5.56 Å². The van der Waals surface area contributed by atoms with Gasteiger partial charge in [0.15, 0.2) is 0 Å². The van der Waals surface area contributed by atoms with Crippen LogP contribution in [0.3, 0.4) is 0 Å². The van der Waals surface area contributed by atoms with E-state index in [9.17, 15) is 9.59 Å². The highest BCUT2D eigenvalue weighted by atomic mass is 79.9. The second-order valence-corrected chi connectivity index (χ2v) is 7.33. The molecular formula is C22H22BrN3O3. The van der Waals surface area contributed by atoms with Crippen molar-refractivity contribution in [3.05, 3.63) is 81.3 Å². The number of ether oxygens (including phenoxy) is 1. The first-order valence-corrected chi connectivity index (χ1v) is 10.2. The SMILES string of the molecule is CCOc1ccc(-c2cc(=O)n(CCNC(=O)Cc3ccc(Br)cc3)cn2)cc1. The van der Waals surface area contributed by atoms with Crippen LogP contribution in [-0.2, 0) is 17.8 Å². The van der Waals surface area contributed by atoms with Crippen molar-refractivity contribution in [3.63, 3.8) is 0 Å². The van der Waals surface area contributed by atoms with Crippen LogP contribution in [0.5, 0.6) is 5.75 Å². The number of hydrogen-bond donors (Lipinski definition) is 1. The number of rotatable bonds is 8. The lowest BCUT2D eigenvalue weighted by Crippen LogP contribution is -2.31. The van der Waals surface area contributed by atoms with Crippen molar-refractivity contribution in [2.75, 3.05) is 13.2 Å². The molecule has 1 amide bonds. The minimum absolute atomic E-state index is 0.0839. The minimum Gasteiger partial charge on any atom is -0.494 e. The van der Waals surface area contributed by atoms with Gasteiger partial charge in [-0.25, -0.2) is 4.98 Å². The molecule has 0 unspecified atom stereocenters. The van der Waals surface area contributed by atoms with Crippen LogP contribution < -0.4 is 15.6 Å². The van der Waals surface area contributed by atoms with Gasteiger partial charge in [-0.05, 0) is 48.9 Å². The molecular weight excluding hydrogens is 434 g/mol. The van der Waals surface area contributed by atoms with Gasteiger partial charge < -0.3 is 10.1 Å². The molecule has 150 valence electrons. The van der Waals surface area contributed by atoms with Gasteiger partial charge in [-0.3, -0.25) is 14.2 Å². The van der Waals surface area contributed by atoms with E-state index in [0.29, 0.717) is 31.8 Å². The van der Waals surface area contributed by atoms with E-state index in [-0.39, 0.29) is 11.5 Å². The average molecular weight is 456 g/mol. The molecule has 2 aromatic carbocycles. The first-order valence-electron chi connectivity index (χ1n) is 9.36. The van der Waals surface area contributed by atoms with Crippen LogP contribution in [0.4, 0.5) is 0 Å². The summed E-state index contributed by atoms with van der Waals surface area (Å²) in [5, 5.41) is 2.83. The van der Waals surface area contributed by atoms with Gasteiger partial charge in [-0.1, -0.05) is 28.1 Å². The Morgan fingerprint density at radius 1 is 1.14 bits per heavy atom. The smallest absolute Gasteiger partial charge is 0.253 e. The molecule has 0 aliphatic rings. The summed E-state index contributed by atoms with van der Waals surface area (Å²) in [6.45, 7) is 3.26. The molecule has 1 heterocycles. The Labute approximate surface area is 177 Å². The summed E-state index contributed by atoms with van der Waals surface area (Å²) in [5.41, 5.74) is 2.23. The molecule has 0 bridgehead atoms. The molecule has 3 rings (SSSR count). The fourth-order valence-corrected chi connectivity index (χ4v) is 3.07. The molecule has 29 heavy (non-hydrogen) atoms. The fourth-order valence-electron chi connectivity index (χ4n) is 2.81. The molecule has 0 aliphatic carbocycles. The van der Waals surface area contributed by atoms with E-state index in [1.165, 1.54) is 17.0 Å². The maximum Gasteiger partial charge on any atom is 0.253 e. The van der Waals surface area contributed by atoms with Crippen LogP contribution in [0.25, 0.3) is 11.3 Å². The van der Waals surface area contributed by atoms with E-state index in [0.717, 1.165) is 21.3 Å². The molecule has 0 fully saturated rings. The van der Waals surface area contributed by atoms with E-state index < -0.39 is 0 Å². The second-order valence-electron chi connectivity index (χ2n) is 6.42. The van der Waals surface area contributed by atoms with Crippen molar-refractivity contribution in [2.45, 2.75) is 19.9 Å². The molecule has 3 aromatic rings. The Morgan fingerprint density at radius 3 is 2.52 bits per heavy atom. The topological polar surface area (TPSA) is 73.2 Å². The highest BCUT2D eigenvalue weighted by Gasteiger charge is 2.06. The molecule has 0 aliphatic heterocycles. The second kappa shape index (κ2) is 10.0. The molecule has 7 heteroatoms. The standard InChI is InChI=1S/C22H22BrN3O3/c1-2-29-19-9-5-17(6-10-19)20-14-22(28)26(15-25-20)12-11-24-21(27)13-16-3-7-18(23)8-4-16/h3-10,14-15H,2,11-13H2,1H3,(H,24,27). The highest BCUT2D eigenvalue weighted by Crippen LogP contribution is 2.19. The molecule has 0 saturated heterocycles. The largest absolute Gasteiger partial charge is 0.494 e. The Bertz CT molecular complexity index is 1010. The Hall–Kier alpha value is -2.93. The fraction of sp³-hybridized carbons (Fsp3) is 0.227. The maximum atomic E-state index is 12.4. The number of benzene rings is 2. The van der Waals surface area contributed by atoms with Crippen LogP contribution in [0, 0.1) is 0 Å². The summed E-state index contributed by atoms with van der Waals surface area (Å²) in [6.07, 6.45) is 1.81. The van der Waals surface area contributed by atoms with E-state index in [4.69, 9.17) is 4.74 Å². The first kappa shape index (κ1) is 20.8. The average Bonchev–Trinajstić information content (AvgIpc) is 2.72. The summed E-state index contributed by atoms with van der Waals surface area (Å²) in [4.78, 5) is 28.8. The van der Waals surface area contributed by atoms with Crippen molar-refractivity contribution in [1.82, 2.24) is 14.9 Å². The number of aromatic nitrogens is 2. The van der Waals surface area contributed by atoms with E-state index in [2.05, 4.69) is 26.2 Å². The molecule has 0 saturated carbocycles. The normalized spacial score (nSPS) is 10.6. The van der Waals surface area contributed by atoms with Gasteiger partial charge in [0, 0.05) is 29.2 Å². The number of nitrogens with one attached hydrogen (secondary N) is 1. The zero-order valence-electron chi connectivity index (χ0n) is 16.1. The number of hydrogen-bond acceptors (Lipinski definition) is 4. The molecule has 0 spiro atoms. The lowest BCUT2D eigenvalue weighted by molar-refractivity contribution is -0.120. The number of halogens is 1. The highest BCUT2D eigenvalue weighted by molar-refractivity contribution is 9.10. The van der Waals surface area contributed by atoms with Gasteiger partial charge in [-0.2, -0.15) is 0 Å². The van der Waals surface area contributed by atoms with Crippen LogP contribution in [0.2, 0.25) is 0 Å². The lowest BCUT2D eigenvalue weighted by atomic mass is 10.1. The minimum atomic E-state index is -0.161. The maximum absolute atomic E-state index is 12.4. The quantitative estimate of drug-likeness (QED) is 0.564. The first-order chi connectivity index (χ1) is 14.0. The Morgan fingerprint density at radius 2 is 1.86 bits per heavy atom. The Kier molecular flexibility index (Phi) is 7.19. The van der Waals surface area contributed by atoms with Crippen molar-refractivity contribution in [3.8, 4) is 17.0 Å². The molecule has 0 atom stereocenters. The molecule has 0 radical (unpaired) electrons. The summed E-state index contributed by atoms with van der Waals surface area (Å²) in [7, 11) is 0. The molecule has 1 N–H and O–H groups in total. The third-order valence-corrected chi connectivity index (χ3v) is 4.82. The van der Waals surface area contributed by atoms with Gasteiger partial charge in [0.05, 0.1) is 25.0 Å². The number of carbonyl (C=O) groups excluding carboxylic acids is 1. The molecule has 1 aromatic heterocycles. The van der Waals surface area contributed by atoms with Gasteiger partial charge in [0.1, 0.15) is 5.75 Å². The van der Waals surface area contributed by atoms with Crippen LogP contribution in [0.1, 0.15) is 12.5 Å². The third kappa shape index (κ3) is 6.02. The van der Waals surface area contributed by atoms with Crippen LogP contribution in [-0.4, -0.2) is 28.6 Å². The van der Waals surface area contributed by atoms with Gasteiger partial charge >= 0.3 is 0 Å². The van der Waals surface area contributed by atoms with E-state index in [1.807, 2.05) is 55.5 Å². The predicted molar refractivity (Wildman–Crippen MR) is 116 cm³/mol. The van der Waals surface area contributed by atoms with Crippen molar-refractivity contribution in [1.29, 1.82) is 0 Å². The zero-order valence-corrected chi connectivity index (χ0v) is 17.7. The van der Waals surface area contributed by atoms with Gasteiger partial charge in [0.2, 0.25) is 5.91 Å².